The number of halogens is 1. The molecule has 5 nitrogen and oxygen atoms in total. The Morgan fingerprint density at radius 3 is 3.09 bits per heavy atom. The zero-order valence-electron chi connectivity index (χ0n) is 5.28. The van der Waals surface area contributed by atoms with Crippen molar-refractivity contribution < 1.29 is 19.2 Å². The number of hydrogen-bond acceptors (Lipinski definition) is 4. The lowest BCUT2D eigenvalue weighted by molar-refractivity contribution is 0.140. The van der Waals surface area contributed by atoms with E-state index < -0.39 is 6.16 Å². The van der Waals surface area contributed by atoms with Gasteiger partial charge in [-0.05, 0) is 5.16 Å². The van der Waals surface area contributed by atoms with Gasteiger partial charge in [0.25, 0.3) is 5.88 Å². The van der Waals surface area contributed by atoms with Crippen molar-refractivity contribution >= 4 is 17.8 Å². The molecule has 0 atom stereocenters. The number of carbonyl (C=O) groups is 1. The summed E-state index contributed by atoms with van der Waals surface area (Å²) in [7, 11) is 0. The van der Waals surface area contributed by atoms with Gasteiger partial charge in [0.1, 0.15) is 0 Å². The molecular formula is C5H4ClNO4. The lowest BCUT2D eigenvalue weighted by Gasteiger charge is -1.87. The Labute approximate surface area is 66.5 Å². The third-order valence-electron chi connectivity index (χ3n) is 0.861. The number of carboxylic acid groups (broad SMARTS) is 1. The number of rotatable bonds is 2. The molecular weight excluding hydrogens is 174 g/mol. The Morgan fingerprint density at radius 1 is 1.91 bits per heavy atom. The SMILES string of the molecule is O=C(O)Oc1cc(CCl)on1. The lowest BCUT2D eigenvalue weighted by atomic mass is 10.5. The van der Waals surface area contributed by atoms with E-state index in [0.717, 1.165) is 0 Å². The first kappa shape index (κ1) is 7.87. The van der Waals surface area contributed by atoms with E-state index in [1.807, 2.05) is 0 Å². The van der Waals surface area contributed by atoms with Crippen LogP contribution in [0.25, 0.3) is 0 Å². The van der Waals surface area contributed by atoms with Crippen LogP contribution in [0, 0.1) is 0 Å². The van der Waals surface area contributed by atoms with Crippen molar-refractivity contribution in [2.24, 2.45) is 0 Å². The van der Waals surface area contributed by atoms with E-state index >= 15 is 0 Å². The molecule has 1 aromatic rings. The van der Waals surface area contributed by atoms with Crippen LogP contribution in [0.4, 0.5) is 4.79 Å². The molecule has 0 aliphatic rings. The summed E-state index contributed by atoms with van der Waals surface area (Å²) in [6.45, 7) is 0. The van der Waals surface area contributed by atoms with Crippen LogP contribution in [0.3, 0.4) is 0 Å². The van der Waals surface area contributed by atoms with Gasteiger partial charge in [-0.15, -0.1) is 11.6 Å². The normalized spacial score (nSPS) is 9.55. The zero-order chi connectivity index (χ0) is 8.27. The first-order valence-electron chi connectivity index (χ1n) is 2.64. The van der Waals surface area contributed by atoms with E-state index in [9.17, 15) is 4.79 Å². The van der Waals surface area contributed by atoms with Gasteiger partial charge >= 0.3 is 6.16 Å². The van der Waals surface area contributed by atoms with Gasteiger partial charge in [-0.1, -0.05) is 0 Å². The van der Waals surface area contributed by atoms with Crippen LogP contribution in [0.5, 0.6) is 5.88 Å². The Balaban J connectivity index is 2.65. The smallest absolute Gasteiger partial charge is 0.449 e. The van der Waals surface area contributed by atoms with E-state index in [2.05, 4.69) is 14.4 Å². The lowest BCUT2D eigenvalue weighted by Crippen LogP contribution is -2.02. The monoisotopic (exact) mass is 177 g/mol. The summed E-state index contributed by atoms with van der Waals surface area (Å²) in [5.74, 6) is 0.395. The van der Waals surface area contributed by atoms with Crippen molar-refractivity contribution in [2.45, 2.75) is 5.88 Å². The third kappa shape index (κ3) is 2.12. The number of aromatic nitrogens is 1. The molecule has 6 heteroatoms. The minimum Gasteiger partial charge on any atom is -0.449 e. The van der Waals surface area contributed by atoms with Gasteiger partial charge in [0.15, 0.2) is 5.76 Å². The molecule has 0 spiro atoms. The van der Waals surface area contributed by atoms with E-state index in [1.165, 1.54) is 6.07 Å². The van der Waals surface area contributed by atoms with Crippen molar-refractivity contribution in [1.29, 1.82) is 0 Å². The van der Waals surface area contributed by atoms with Gasteiger partial charge in [0.2, 0.25) is 0 Å². The van der Waals surface area contributed by atoms with Crippen molar-refractivity contribution in [3.05, 3.63) is 11.8 Å². The molecule has 0 aliphatic heterocycles. The van der Waals surface area contributed by atoms with Gasteiger partial charge in [0.05, 0.1) is 5.88 Å². The molecule has 1 N–H and O–H groups in total. The minimum absolute atomic E-state index is 0.104. The number of nitrogens with zero attached hydrogens (tertiary/aromatic N) is 1. The molecule has 11 heavy (non-hydrogen) atoms. The van der Waals surface area contributed by atoms with E-state index in [4.69, 9.17) is 16.7 Å². The average molecular weight is 178 g/mol. The summed E-state index contributed by atoms with van der Waals surface area (Å²) < 4.78 is 8.69. The van der Waals surface area contributed by atoms with Crippen LogP contribution >= 0.6 is 11.6 Å². The second-order valence-corrected chi connectivity index (χ2v) is 1.90. The second kappa shape index (κ2) is 3.25. The van der Waals surface area contributed by atoms with Crippen molar-refractivity contribution in [1.82, 2.24) is 5.16 Å². The predicted octanol–water partition coefficient (Wildman–Crippen LogP) is 1.47. The summed E-state index contributed by atoms with van der Waals surface area (Å²) in [4.78, 5) is 9.93. The first-order valence-corrected chi connectivity index (χ1v) is 3.18. The molecule has 0 fully saturated rings. The molecule has 0 saturated carbocycles. The van der Waals surface area contributed by atoms with E-state index in [0.29, 0.717) is 5.76 Å². The maximum Gasteiger partial charge on any atom is 0.512 e. The molecule has 1 rings (SSSR count). The topological polar surface area (TPSA) is 72.6 Å². The third-order valence-corrected chi connectivity index (χ3v) is 1.12. The molecule has 0 aliphatic carbocycles. The van der Waals surface area contributed by atoms with E-state index in [-0.39, 0.29) is 11.8 Å². The molecule has 1 aromatic heterocycles. The van der Waals surface area contributed by atoms with Crippen LogP contribution in [0.1, 0.15) is 5.76 Å². The quantitative estimate of drug-likeness (QED) is 0.547. The fourth-order valence-electron chi connectivity index (χ4n) is 0.495. The number of ether oxygens (including phenoxy) is 1. The van der Waals surface area contributed by atoms with Crippen LogP contribution in [-0.4, -0.2) is 16.4 Å². The van der Waals surface area contributed by atoms with Crippen LogP contribution < -0.4 is 4.74 Å². The van der Waals surface area contributed by atoms with Gasteiger partial charge in [-0.3, -0.25) is 0 Å². The Bertz CT molecular complexity index is 259. The largest absolute Gasteiger partial charge is 0.512 e. The highest BCUT2D eigenvalue weighted by Crippen LogP contribution is 2.12. The average Bonchev–Trinajstić information content (AvgIpc) is 2.34. The Hall–Kier alpha value is -1.23. The second-order valence-electron chi connectivity index (χ2n) is 1.63. The Morgan fingerprint density at radius 2 is 2.64 bits per heavy atom. The highest BCUT2D eigenvalue weighted by atomic mass is 35.5. The number of alkyl halides is 1. The van der Waals surface area contributed by atoms with Crippen molar-refractivity contribution in [3.8, 4) is 5.88 Å². The van der Waals surface area contributed by atoms with Gasteiger partial charge in [-0.2, -0.15) is 0 Å². The first-order chi connectivity index (χ1) is 5.22. The van der Waals surface area contributed by atoms with Crippen LogP contribution in [0.15, 0.2) is 10.6 Å². The van der Waals surface area contributed by atoms with Crippen LogP contribution in [-0.2, 0) is 5.88 Å². The van der Waals surface area contributed by atoms with Gasteiger partial charge in [0, 0.05) is 6.07 Å². The van der Waals surface area contributed by atoms with E-state index in [1.54, 1.807) is 0 Å². The predicted molar refractivity (Wildman–Crippen MR) is 34.7 cm³/mol. The van der Waals surface area contributed by atoms with Gasteiger partial charge in [-0.25, -0.2) is 4.79 Å². The summed E-state index contributed by atoms with van der Waals surface area (Å²) in [5.41, 5.74) is 0. The molecule has 0 bridgehead atoms. The zero-order valence-corrected chi connectivity index (χ0v) is 6.04. The highest BCUT2D eigenvalue weighted by molar-refractivity contribution is 6.16. The maximum absolute atomic E-state index is 9.93. The standard InChI is InChI=1S/C5H4ClNO4/c6-2-3-1-4(7-11-3)10-5(8)9/h1H,2H2,(H,8,9). The number of hydrogen-bond donors (Lipinski definition) is 1. The molecule has 0 radical (unpaired) electrons. The fourth-order valence-corrected chi connectivity index (χ4v) is 0.621. The Kier molecular flexibility index (Phi) is 2.32. The molecule has 0 aromatic carbocycles. The molecule has 0 amide bonds. The summed E-state index contributed by atoms with van der Waals surface area (Å²) in [5, 5.41) is 11.4. The summed E-state index contributed by atoms with van der Waals surface area (Å²) in [6.07, 6.45) is -1.43. The molecule has 60 valence electrons. The summed E-state index contributed by atoms with van der Waals surface area (Å²) in [6, 6.07) is 1.31. The summed E-state index contributed by atoms with van der Waals surface area (Å²) >= 11 is 5.34. The molecule has 0 saturated heterocycles. The molecule has 1 heterocycles. The van der Waals surface area contributed by atoms with Crippen molar-refractivity contribution in [3.63, 3.8) is 0 Å². The van der Waals surface area contributed by atoms with Crippen molar-refractivity contribution in [2.75, 3.05) is 0 Å². The van der Waals surface area contributed by atoms with Gasteiger partial charge < -0.3 is 14.4 Å². The fraction of sp³-hybridized carbons (Fsp3) is 0.200. The molecule has 0 unspecified atom stereocenters. The van der Waals surface area contributed by atoms with Crippen LogP contribution in [0.2, 0.25) is 0 Å². The highest BCUT2D eigenvalue weighted by Gasteiger charge is 2.06. The maximum atomic E-state index is 9.93. The minimum atomic E-state index is -1.43.